The summed E-state index contributed by atoms with van der Waals surface area (Å²) in [5.74, 6) is 0.415. The molecule has 1 aliphatic carbocycles. The molecule has 1 aromatic carbocycles. The molecule has 3 fully saturated rings. The van der Waals surface area contributed by atoms with Crippen molar-refractivity contribution in [2.75, 3.05) is 45.8 Å². The molecular weight excluding hydrogens is 544 g/mol. The van der Waals surface area contributed by atoms with E-state index in [0.29, 0.717) is 64.1 Å². The number of urea groups is 1. The first-order valence-corrected chi connectivity index (χ1v) is 16.6. The Morgan fingerprint density at radius 2 is 1.56 bits per heavy atom. The number of nitrogens with zero attached hydrogens (tertiary/aromatic N) is 3. The number of likely N-dealkylation sites (tertiary alicyclic amines) is 1. The fraction of sp³-hybridized carbons (Fsp3) is 0.697. The molecule has 2 aliphatic heterocycles. The minimum absolute atomic E-state index is 0.0216. The van der Waals surface area contributed by atoms with E-state index < -0.39 is 6.04 Å². The van der Waals surface area contributed by atoms with Crippen molar-refractivity contribution < 1.29 is 19.2 Å². The predicted molar refractivity (Wildman–Crippen MR) is 167 cm³/mol. The van der Waals surface area contributed by atoms with Gasteiger partial charge in [0.05, 0.1) is 6.54 Å². The second-order valence-electron chi connectivity index (χ2n) is 12.6. The number of nitrogens with one attached hydrogen (secondary N) is 2. The van der Waals surface area contributed by atoms with Crippen LogP contribution in [0.25, 0.3) is 0 Å². The molecule has 1 unspecified atom stereocenters. The van der Waals surface area contributed by atoms with Gasteiger partial charge in [-0.15, -0.1) is 0 Å². The molecule has 5 amide bonds. The van der Waals surface area contributed by atoms with Crippen molar-refractivity contribution >= 4 is 23.8 Å². The van der Waals surface area contributed by atoms with Gasteiger partial charge in [-0.2, -0.15) is 0 Å². The molecule has 10 nitrogen and oxygen atoms in total. The highest BCUT2D eigenvalue weighted by atomic mass is 16.2. The van der Waals surface area contributed by atoms with Gasteiger partial charge in [-0.3, -0.25) is 14.4 Å². The van der Waals surface area contributed by atoms with Crippen LogP contribution in [0.4, 0.5) is 4.79 Å². The lowest BCUT2D eigenvalue weighted by atomic mass is 9.84. The molecule has 1 saturated carbocycles. The van der Waals surface area contributed by atoms with Gasteiger partial charge in [0.15, 0.2) is 0 Å². The van der Waals surface area contributed by atoms with E-state index in [4.69, 9.17) is 5.73 Å². The molecule has 3 aliphatic rings. The highest BCUT2D eigenvalue weighted by Gasteiger charge is 2.32. The van der Waals surface area contributed by atoms with Crippen LogP contribution in [0, 0.1) is 5.92 Å². The molecular formula is C33H52N6O4. The van der Waals surface area contributed by atoms with Crippen molar-refractivity contribution in [3.63, 3.8) is 0 Å². The van der Waals surface area contributed by atoms with Gasteiger partial charge in [0.25, 0.3) is 0 Å². The third-order valence-electron chi connectivity index (χ3n) is 9.30. The van der Waals surface area contributed by atoms with E-state index in [0.717, 1.165) is 70.6 Å². The zero-order valence-corrected chi connectivity index (χ0v) is 25.8. The van der Waals surface area contributed by atoms with Gasteiger partial charge in [-0.05, 0) is 82.1 Å². The van der Waals surface area contributed by atoms with Crippen molar-refractivity contribution in [1.82, 2.24) is 25.3 Å². The van der Waals surface area contributed by atoms with Crippen molar-refractivity contribution in [1.29, 1.82) is 0 Å². The molecule has 0 spiro atoms. The Kier molecular flexibility index (Phi) is 13.1. The number of carbonyl (C=O) groups excluding carboxylic acids is 4. The monoisotopic (exact) mass is 596 g/mol. The van der Waals surface area contributed by atoms with Crippen LogP contribution in [0.2, 0.25) is 0 Å². The summed E-state index contributed by atoms with van der Waals surface area (Å²) >= 11 is 0. The standard InChI is InChI=1S/C33H52N6O4/c34-28-16-14-27(15-17-28)18-19-35-30(40)25-39-20-8-7-12-29(32(39)42)36-33(43)38-23-21-37(22-24-38)31(41)13-6-2-5-11-26-9-3-1-4-10-26/h1,3-4,9-10,27-29H,2,5-8,11-25,34H2,(H,35,40)(H,36,43). The quantitative estimate of drug-likeness (QED) is 0.320. The summed E-state index contributed by atoms with van der Waals surface area (Å²) in [7, 11) is 0. The van der Waals surface area contributed by atoms with Crippen molar-refractivity contribution in [2.45, 2.75) is 95.6 Å². The van der Waals surface area contributed by atoms with Crippen LogP contribution < -0.4 is 16.4 Å². The number of rotatable bonds is 12. The number of piperazine rings is 1. The maximum absolute atomic E-state index is 13.3. The maximum atomic E-state index is 13.3. The van der Waals surface area contributed by atoms with E-state index in [2.05, 4.69) is 34.9 Å². The van der Waals surface area contributed by atoms with Crippen LogP contribution in [0.15, 0.2) is 30.3 Å². The van der Waals surface area contributed by atoms with Gasteiger partial charge in [0.1, 0.15) is 6.04 Å². The van der Waals surface area contributed by atoms with E-state index >= 15 is 0 Å². The first-order chi connectivity index (χ1) is 20.9. The number of hydrogen-bond acceptors (Lipinski definition) is 5. The average molecular weight is 597 g/mol. The Bertz CT molecular complexity index is 1040. The summed E-state index contributed by atoms with van der Waals surface area (Å²) < 4.78 is 0. The van der Waals surface area contributed by atoms with Crippen molar-refractivity contribution in [3.05, 3.63) is 35.9 Å². The van der Waals surface area contributed by atoms with E-state index in [1.54, 1.807) is 9.80 Å². The smallest absolute Gasteiger partial charge is 0.318 e. The minimum atomic E-state index is -0.634. The Balaban J connectivity index is 1.12. The molecule has 2 heterocycles. The van der Waals surface area contributed by atoms with Crippen molar-refractivity contribution in [3.8, 4) is 0 Å². The van der Waals surface area contributed by atoms with Gasteiger partial charge >= 0.3 is 6.03 Å². The summed E-state index contributed by atoms with van der Waals surface area (Å²) in [4.78, 5) is 56.8. The summed E-state index contributed by atoms with van der Waals surface area (Å²) in [5, 5.41) is 5.91. The second kappa shape index (κ2) is 17.2. The second-order valence-corrected chi connectivity index (χ2v) is 12.6. The molecule has 4 rings (SSSR count). The molecule has 238 valence electrons. The molecule has 2 saturated heterocycles. The highest BCUT2D eigenvalue weighted by Crippen LogP contribution is 2.25. The molecule has 0 aromatic heterocycles. The van der Waals surface area contributed by atoms with Crippen LogP contribution in [0.5, 0.6) is 0 Å². The predicted octanol–water partition coefficient (Wildman–Crippen LogP) is 3.05. The lowest BCUT2D eigenvalue weighted by Gasteiger charge is -2.35. The van der Waals surface area contributed by atoms with Crippen molar-refractivity contribution in [2.24, 2.45) is 11.7 Å². The lowest BCUT2D eigenvalue weighted by Crippen LogP contribution is -2.57. The Morgan fingerprint density at radius 1 is 0.837 bits per heavy atom. The average Bonchev–Trinajstić information content (AvgIpc) is 3.19. The van der Waals surface area contributed by atoms with Gasteiger partial charge in [0.2, 0.25) is 17.7 Å². The Morgan fingerprint density at radius 3 is 2.30 bits per heavy atom. The van der Waals surface area contributed by atoms with E-state index in [-0.39, 0.29) is 30.3 Å². The highest BCUT2D eigenvalue weighted by molar-refractivity contribution is 5.90. The number of carbonyl (C=O) groups is 4. The molecule has 0 radical (unpaired) electrons. The molecule has 1 aromatic rings. The normalized spacial score (nSPS) is 23.0. The van der Waals surface area contributed by atoms with Gasteiger partial charge < -0.3 is 31.1 Å². The Labute approximate surface area is 257 Å². The zero-order chi connectivity index (χ0) is 30.4. The van der Waals surface area contributed by atoms with Gasteiger partial charge in [-0.25, -0.2) is 4.79 Å². The van der Waals surface area contributed by atoms with E-state index in [9.17, 15) is 19.2 Å². The molecule has 10 heteroatoms. The molecule has 43 heavy (non-hydrogen) atoms. The lowest BCUT2D eigenvalue weighted by molar-refractivity contribution is -0.137. The molecule has 0 bridgehead atoms. The first-order valence-electron chi connectivity index (χ1n) is 16.6. The van der Waals surface area contributed by atoms with E-state index in [1.165, 1.54) is 5.56 Å². The number of hydrogen-bond donors (Lipinski definition) is 3. The molecule has 1 atom stereocenters. The SMILES string of the molecule is NC1CCC(CCNC(=O)CN2CCCCC(NC(=O)N3CCN(C(=O)CCCCCc4ccccc4)CC3)C2=O)CC1. The number of amides is 5. The van der Waals surface area contributed by atoms with Crippen LogP contribution in [0.1, 0.15) is 82.6 Å². The zero-order valence-electron chi connectivity index (χ0n) is 25.8. The summed E-state index contributed by atoms with van der Waals surface area (Å²) in [5.41, 5.74) is 7.32. The fourth-order valence-corrected chi connectivity index (χ4v) is 6.50. The largest absolute Gasteiger partial charge is 0.355 e. The third-order valence-corrected chi connectivity index (χ3v) is 9.30. The summed E-state index contributed by atoms with van der Waals surface area (Å²) in [6, 6.07) is 9.82. The van der Waals surface area contributed by atoms with Crippen LogP contribution in [-0.2, 0) is 20.8 Å². The van der Waals surface area contributed by atoms with E-state index in [1.807, 2.05) is 11.0 Å². The molecule has 4 N–H and O–H groups in total. The first kappa shape index (κ1) is 32.8. The number of nitrogens with two attached hydrogens (primary N) is 1. The fourth-order valence-electron chi connectivity index (χ4n) is 6.50. The third kappa shape index (κ3) is 10.8. The summed E-state index contributed by atoms with van der Waals surface area (Å²) in [6.45, 7) is 3.07. The minimum Gasteiger partial charge on any atom is -0.355 e. The number of unbranched alkanes of at least 4 members (excludes halogenated alkanes) is 2. The maximum Gasteiger partial charge on any atom is 0.318 e. The van der Waals surface area contributed by atoms with Crippen LogP contribution in [-0.4, -0.2) is 96.3 Å². The summed E-state index contributed by atoms with van der Waals surface area (Å²) in [6.07, 6.45) is 12.0. The van der Waals surface area contributed by atoms with Gasteiger partial charge in [0, 0.05) is 51.7 Å². The van der Waals surface area contributed by atoms with Crippen LogP contribution in [0.3, 0.4) is 0 Å². The van der Waals surface area contributed by atoms with Gasteiger partial charge in [-0.1, -0.05) is 36.8 Å². The van der Waals surface area contributed by atoms with Crippen LogP contribution >= 0.6 is 0 Å². The topological polar surface area (TPSA) is 128 Å². The number of aryl methyl sites for hydroxylation is 1. The Hall–Kier alpha value is -3.14. The number of benzene rings is 1.